The van der Waals surface area contributed by atoms with E-state index in [2.05, 4.69) is 4.98 Å². The van der Waals surface area contributed by atoms with Crippen LogP contribution in [-0.2, 0) is 0 Å². The molecule has 0 atom stereocenters. The molecule has 32 valence electrons. The van der Waals surface area contributed by atoms with Gasteiger partial charge in [0.15, 0.2) is 0 Å². The van der Waals surface area contributed by atoms with Crippen LogP contribution in [0, 0.1) is 0 Å². The van der Waals surface area contributed by atoms with Crippen LogP contribution in [0.3, 0.4) is 0 Å². The molecule has 0 saturated heterocycles. The van der Waals surface area contributed by atoms with E-state index in [9.17, 15) is 0 Å². The zero-order chi connectivity index (χ0) is 4.24. The van der Waals surface area contributed by atoms with Gasteiger partial charge in [0.25, 0.3) is 0 Å². The minimum absolute atomic E-state index is 0. The van der Waals surface area contributed by atoms with Crippen LogP contribution < -0.4 is 0 Å². The maximum atomic E-state index is 3.78. The molecule has 0 fully saturated rings. The fraction of sp³-hybridized carbons (Fsp3) is 0. The van der Waals surface area contributed by atoms with E-state index in [0.29, 0.717) is 0 Å². The van der Waals surface area contributed by atoms with Crippen LogP contribution in [0.1, 0.15) is 0 Å². The Morgan fingerprint density at radius 1 is 0.857 bits per heavy atom. The van der Waals surface area contributed by atoms with Crippen LogP contribution in [0.15, 0.2) is 30.6 Å². The predicted octanol–water partition coefficient (Wildman–Crippen LogP) is 0.433. The monoisotopic (exact) mass is 103 g/mol. The first-order valence-corrected chi connectivity index (χ1v) is 1.85. The van der Waals surface area contributed by atoms with Gasteiger partial charge in [0.2, 0.25) is 0 Å². The molecule has 0 radical (unpaired) electrons. The molecule has 1 rings (SSSR count). The Hall–Kier alpha value is 0.150. The van der Waals surface area contributed by atoms with Gasteiger partial charge in [0, 0.05) is 12.4 Å². The Morgan fingerprint density at radius 2 is 1.43 bits per heavy atom. The van der Waals surface area contributed by atoms with E-state index in [-0.39, 0.29) is 29.6 Å². The number of hydrogen-bond acceptors (Lipinski definition) is 1. The number of rotatable bonds is 0. The molecule has 0 spiro atoms. The summed E-state index contributed by atoms with van der Waals surface area (Å²) in [6.45, 7) is 0. The normalized spacial score (nSPS) is 6.86. The van der Waals surface area contributed by atoms with Crippen molar-refractivity contribution in [3.8, 4) is 0 Å². The molecule has 1 aromatic heterocycles. The van der Waals surface area contributed by atoms with Gasteiger partial charge in [0.05, 0.1) is 0 Å². The average molecular weight is 103 g/mol. The van der Waals surface area contributed by atoms with E-state index < -0.39 is 0 Å². The summed E-state index contributed by atoms with van der Waals surface area (Å²) in [5.74, 6) is 0. The van der Waals surface area contributed by atoms with Crippen LogP contribution >= 0.6 is 0 Å². The van der Waals surface area contributed by atoms with Crippen LogP contribution in [0.5, 0.6) is 0 Å². The first-order chi connectivity index (χ1) is 3.00. The molecule has 0 amide bonds. The summed E-state index contributed by atoms with van der Waals surface area (Å²) in [6, 6.07) is 5.72. The first-order valence-electron chi connectivity index (χ1n) is 1.85. The van der Waals surface area contributed by atoms with Crippen molar-refractivity contribution in [1.29, 1.82) is 0 Å². The summed E-state index contributed by atoms with van der Waals surface area (Å²) >= 11 is 0. The fourth-order valence-corrected chi connectivity index (χ4v) is 0.313. The Bertz CT molecular complexity index is 80.0. The molecular weight excluding hydrogens is 97.1 g/mol. The fourth-order valence-electron chi connectivity index (χ4n) is 0.313. The Kier molecular flexibility index (Phi) is 4.41. The van der Waals surface area contributed by atoms with Crippen molar-refractivity contribution in [2.24, 2.45) is 0 Å². The average Bonchev–Trinajstić information content (AvgIpc) is 1.72. The molecule has 0 aliphatic heterocycles. The van der Waals surface area contributed by atoms with E-state index in [4.69, 9.17) is 0 Å². The molecular formula is C5H6NNa. The Morgan fingerprint density at radius 3 is 1.57 bits per heavy atom. The van der Waals surface area contributed by atoms with Crippen molar-refractivity contribution in [2.45, 2.75) is 0 Å². The molecule has 1 aromatic rings. The summed E-state index contributed by atoms with van der Waals surface area (Å²) in [6.07, 6.45) is 3.50. The topological polar surface area (TPSA) is 12.9 Å². The van der Waals surface area contributed by atoms with E-state index in [1.807, 2.05) is 18.2 Å². The van der Waals surface area contributed by atoms with Crippen molar-refractivity contribution < 1.29 is 0 Å². The van der Waals surface area contributed by atoms with Gasteiger partial charge in [-0.15, -0.1) is 0 Å². The SMILES string of the molecule is [NaH].c1ccncc1. The van der Waals surface area contributed by atoms with Gasteiger partial charge in [0.1, 0.15) is 0 Å². The summed E-state index contributed by atoms with van der Waals surface area (Å²) in [7, 11) is 0. The molecule has 1 nitrogen and oxygen atoms in total. The molecule has 0 aliphatic rings. The second-order valence-electron chi connectivity index (χ2n) is 1.02. The third-order valence-electron chi connectivity index (χ3n) is 0.566. The molecule has 0 aliphatic carbocycles. The van der Waals surface area contributed by atoms with Crippen molar-refractivity contribution in [3.05, 3.63) is 30.6 Å². The van der Waals surface area contributed by atoms with Crippen molar-refractivity contribution in [1.82, 2.24) is 4.98 Å². The second-order valence-corrected chi connectivity index (χ2v) is 1.02. The standard InChI is InChI=1S/C5H5N.Na.H/c1-2-4-6-5-3-1;;/h1-5H;;. The number of hydrogen-bond donors (Lipinski definition) is 0. The second kappa shape index (κ2) is 4.31. The molecule has 0 saturated carbocycles. The minimum atomic E-state index is 0. The van der Waals surface area contributed by atoms with Gasteiger partial charge in [-0.1, -0.05) is 6.07 Å². The van der Waals surface area contributed by atoms with E-state index in [0.717, 1.165) is 0 Å². The van der Waals surface area contributed by atoms with Gasteiger partial charge < -0.3 is 0 Å². The van der Waals surface area contributed by atoms with Gasteiger partial charge >= 0.3 is 29.6 Å². The van der Waals surface area contributed by atoms with Crippen LogP contribution in [0.2, 0.25) is 0 Å². The van der Waals surface area contributed by atoms with Crippen LogP contribution in [0.25, 0.3) is 0 Å². The molecule has 0 N–H and O–H groups in total. The molecule has 0 bridgehead atoms. The van der Waals surface area contributed by atoms with Gasteiger partial charge in [-0.2, -0.15) is 0 Å². The van der Waals surface area contributed by atoms with Crippen molar-refractivity contribution >= 4 is 29.6 Å². The molecule has 1 heterocycles. The zero-order valence-corrected chi connectivity index (χ0v) is 3.33. The summed E-state index contributed by atoms with van der Waals surface area (Å²) in [4.78, 5) is 3.78. The number of pyridine rings is 1. The van der Waals surface area contributed by atoms with Crippen molar-refractivity contribution in [2.75, 3.05) is 0 Å². The van der Waals surface area contributed by atoms with E-state index in [1.54, 1.807) is 12.4 Å². The largest absolute Gasteiger partial charge is 0.265 e. The molecule has 2 heteroatoms. The predicted molar refractivity (Wildman–Crippen MR) is 31.4 cm³/mol. The quantitative estimate of drug-likeness (QED) is 0.434. The molecule has 0 aromatic carbocycles. The van der Waals surface area contributed by atoms with Gasteiger partial charge in [-0.3, -0.25) is 4.98 Å². The van der Waals surface area contributed by atoms with Crippen molar-refractivity contribution in [3.63, 3.8) is 0 Å². The third kappa shape index (κ3) is 2.80. The van der Waals surface area contributed by atoms with Gasteiger partial charge in [-0.05, 0) is 12.1 Å². The number of nitrogens with zero attached hydrogens (tertiary/aromatic N) is 1. The van der Waals surface area contributed by atoms with E-state index >= 15 is 0 Å². The Balaban J connectivity index is 0.000000360. The number of aromatic nitrogens is 1. The molecule has 0 unspecified atom stereocenters. The summed E-state index contributed by atoms with van der Waals surface area (Å²) < 4.78 is 0. The Labute approximate surface area is 65.1 Å². The maximum absolute atomic E-state index is 3.78. The smallest absolute Gasteiger partial charge is 0.0267 e. The third-order valence-corrected chi connectivity index (χ3v) is 0.566. The van der Waals surface area contributed by atoms with Gasteiger partial charge in [-0.25, -0.2) is 0 Å². The zero-order valence-electron chi connectivity index (χ0n) is 3.33. The van der Waals surface area contributed by atoms with Crippen LogP contribution in [-0.4, -0.2) is 34.5 Å². The maximum Gasteiger partial charge on any atom is 0.0267 e. The summed E-state index contributed by atoms with van der Waals surface area (Å²) in [5, 5.41) is 0. The van der Waals surface area contributed by atoms with E-state index in [1.165, 1.54) is 0 Å². The minimum Gasteiger partial charge on any atom is -0.265 e. The summed E-state index contributed by atoms with van der Waals surface area (Å²) in [5.41, 5.74) is 0. The van der Waals surface area contributed by atoms with Crippen LogP contribution in [0.4, 0.5) is 0 Å². The molecule has 7 heavy (non-hydrogen) atoms. The first kappa shape index (κ1) is 7.15.